The molecule has 5 heteroatoms. The first kappa shape index (κ1) is 14.9. The van der Waals surface area contributed by atoms with Gasteiger partial charge in [0.1, 0.15) is 6.04 Å². The Morgan fingerprint density at radius 1 is 0.885 bits per heavy atom. The average Bonchev–Trinajstić information content (AvgIpc) is 3.15. The molecule has 2 aromatic rings. The number of nitrogens with zero attached hydrogens (tertiary/aromatic N) is 3. The van der Waals surface area contributed by atoms with Crippen molar-refractivity contribution in [2.45, 2.75) is 12.1 Å². The van der Waals surface area contributed by atoms with Crippen molar-refractivity contribution in [3.8, 4) is 6.07 Å². The molecule has 5 nitrogen and oxygen atoms in total. The first-order chi connectivity index (χ1) is 12.7. The van der Waals surface area contributed by atoms with Crippen molar-refractivity contribution in [1.29, 1.82) is 5.26 Å². The molecule has 3 heterocycles. The topological polar surface area (TPSA) is 64.4 Å². The molecule has 5 rings (SSSR count). The van der Waals surface area contributed by atoms with Gasteiger partial charge in [-0.3, -0.25) is 9.59 Å². The van der Waals surface area contributed by atoms with Crippen LogP contribution in [0.3, 0.4) is 0 Å². The Labute approximate surface area is 150 Å². The summed E-state index contributed by atoms with van der Waals surface area (Å²) in [5.74, 6) is -1.69. The second-order valence-electron chi connectivity index (χ2n) is 6.81. The summed E-state index contributed by atoms with van der Waals surface area (Å²) in [7, 11) is 0. The molecule has 2 aromatic carbocycles. The van der Waals surface area contributed by atoms with Gasteiger partial charge in [-0.15, -0.1) is 0 Å². The molecule has 0 aromatic heterocycles. The zero-order valence-electron chi connectivity index (χ0n) is 13.8. The van der Waals surface area contributed by atoms with Crippen molar-refractivity contribution >= 4 is 23.6 Å². The summed E-state index contributed by atoms with van der Waals surface area (Å²) in [4.78, 5) is 29.5. The fourth-order valence-corrected chi connectivity index (χ4v) is 4.54. The summed E-state index contributed by atoms with van der Waals surface area (Å²) < 4.78 is 0. The summed E-state index contributed by atoms with van der Waals surface area (Å²) in [6, 6.07) is 18.2. The van der Waals surface area contributed by atoms with Gasteiger partial charge >= 0.3 is 0 Å². The minimum Gasteiger partial charge on any atom is -0.353 e. The second-order valence-corrected chi connectivity index (χ2v) is 6.81. The van der Waals surface area contributed by atoms with Crippen LogP contribution in [0.25, 0.3) is 6.08 Å². The number of hydrogen-bond donors (Lipinski definition) is 0. The van der Waals surface area contributed by atoms with E-state index in [9.17, 15) is 14.9 Å². The number of hydrogen-bond acceptors (Lipinski definition) is 4. The summed E-state index contributed by atoms with van der Waals surface area (Å²) in [5, 5.41) is 9.75. The van der Waals surface area contributed by atoms with Gasteiger partial charge in [-0.25, -0.2) is 4.90 Å². The lowest BCUT2D eigenvalue weighted by Crippen LogP contribution is -2.40. The van der Waals surface area contributed by atoms with Crippen LogP contribution in [0.15, 0.2) is 60.8 Å². The predicted molar refractivity (Wildman–Crippen MR) is 95.4 cm³/mol. The zero-order valence-corrected chi connectivity index (χ0v) is 13.8. The maximum Gasteiger partial charge on any atom is 0.240 e. The molecule has 0 saturated carbocycles. The number of carbonyl (C=O) groups is 2. The molecule has 3 aliphatic rings. The monoisotopic (exact) mass is 341 g/mol. The standard InChI is InChI=1S/C21H15N3O2/c22-12-16-17-18(19-15-9-5-4-6-13(15)10-11-23(16)19)21(26)24(20(17)25)14-7-2-1-3-8-14/h1-11,16-19H/t16-,17+,18+,19?/m1/s1. The van der Waals surface area contributed by atoms with Crippen LogP contribution in [0.1, 0.15) is 17.2 Å². The highest BCUT2D eigenvalue weighted by molar-refractivity contribution is 6.23. The van der Waals surface area contributed by atoms with E-state index in [4.69, 9.17) is 0 Å². The molecule has 0 aliphatic carbocycles. The highest BCUT2D eigenvalue weighted by atomic mass is 16.2. The number of carbonyl (C=O) groups excluding carboxylic acids is 2. The molecule has 0 radical (unpaired) electrons. The Bertz CT molecular complexity index is 992. The first-order valence-corrected chi connectivity index (χ1v) is 8.59. The van der Waals surface area contributed by atoms with Crippen LogP contribution < -0.4 is 4.90 Å². The molecule has 0 bridgehead atoms. The maximum atomic E-state index is 13.3. The lowest BCUT2D eigenvalue weighted by molar-refractivity contribution is -0.123. The van der Waals surface area contributed by atoms with Crippen LogP contribution in [-0.2, 0) is 9.59 Å². The third-order valence-electron chi connectivity index (χ3n) is 5.61. The fraction of sp³-hybridized carbons (Fsp3) is 0.190. The third kappa shape index (κ3) is 1.79. The third-order valence-corrected chi connectivity index (χ3v) is 5.61. The molecule has 2 fully saturated rings. The van der Waals surface area contributed by atoms with E-state index in [0.717, 1.165) is 11.1 Å². The van der Waals surface area contributed by atoms with E-state index in [-0.39, 0.29) is 17.9 Å². The van der Waals surface area contributed by atoms with Gasteiger partial charge in [-0.1, -0.05) is 42.5 Å². The number of imide groups is 1. The molecular weight excluding hydrogens is 326 g/mol. The Morgan fingerprint density at radius 3 is 2.35 bits per heavy atom. The lowest BCUT2D eigenvalue weighted by Gasteiger charge is -2.33. The van der Waals surface area contributed by atoms with E-state index in [1.54, 1.807) is 24.3 Å². The van der Waals surface area contributed by atoms with E-state index in [1.165, 1.54) is 4.90 Å². The van der Waals surface area contributed by atoms with Crippen molar-refractivity contribution in [2.24, 2.45) is 11.8 Å². The summed E-state index contributed by atoms with van der Waals surface area (Å²) in [6.07, 6.45) is 3.80. The van der Waals surface area contributed by atoms with Gasteiger partial charge in [0, 0.05) is 6.20 Å². The van der Waals surface area contributed by atoms with E-state index in [1.807, 2.05) is 47.5 Å². The minimum absolute atomic E-state index is 0.218. The largest absolute Gasteiger partial charge is 0.353 e. The Morgan fingerprint density at radius 2 is 1.58 bits per heavy atom. The molecule has 0 N–H and O–H groups in total. The quantitative estimate of drug-likeness (QED) is 0.748. The van der Waals surface area contributed by atoms with Crippen LogP contribution in [0, 0.1) is 23.2 Å². The van der Waals surface area contributed by atoms with Gasteiger partial charge < -0.3 is 4.90 Å². The fourth-order valence-electron chi connectivity index (χ4n) is 4.54. The number of fused-ring (bicyclic) bond motifs is 5. The van der Waals surface area contributed by atoms with Gasteiger partial charge in [0.05, 0.1) is 29.6 Å². The Kier molecular flexibility index (Phi) is 3.04. The van der Waals surface area contributed by atoms with E-state index in [0.29, 0.717) is 5.69 Å². The number of para-hydroxylation sites is 1. The van der Waals surface area contributed by atoms with Crippen molar-refractivity contribution in [3.63, 3.8) is 0 Å². The minimum atomic E-state index is -0.645. The highest BCUT2D eigenvalue weighted by Gasteiger charge is 2.63. The number of nitriles is 1. The number of rotatable bonds is 1. The predicted octanol–water partition coefficient (Wildman–Crippen LogP) is 2.73. The van der Waals surface area contributed by atoms with Crippen LogP contribution in [0.4, 0.5) is 5.69 Å². The molecule has 3 aliphatic heterocycles. The summed E-state index contributed by atoms with van der Waals surface area (Å²) in [6.45, 7) is 0. The number of anilines is 1. The van der Waals surface area contributed by atoms with Gasteiger partial charge in [0.25, 0.3) is 0 Å². The van der Waals surface area contributed by atoms with E-state index < -0.39 is 17.9 Å². The highest BCUT2D eigenvalue weighted by Crippen LogP contribution is 2.52. The summed E-state index contributed by atoms with van der Waals surface area (Å²) >= 11 is 0. The summed E-state index contributed by atoms with van der Waals surface area (Å²) in [5.41, 5.74) is 2.60. The Balaban J connectivity index is 1.65. The van der Waals surface area contributed by atoms with Crippen LogP contribution in [-0.4, -0.2) is 22.8 Å². The van der Waals surface area contributed by atoms with Gasteiger partial charge in [0.2, 0.25) is 11.8 Å². The first-order valence-electron chi connectivity index (χ1n) is 8.59. The molecule has 2 saturated heterocycles. The molecule has 2 amide bonds. The van der Waals surface area contributed by atoms with Gasteiger partial charge in [-0.2, -0.15) is 5.26 Å². The van der Waals surface area contributed by atoms with Crippen molar-refractivity contribution < 1.29 is 9.59 Å². The average molecular weight is 341 g/mol. The van der Waals surface area contributed by atoms with Crippen LogP contribution in [0.2, 0.25) is 0 Å². The normalized spacial score (nSPS) is 28.6. The smallest absolute Gasteiger partial charge is 0.240 e. The molecule has 0 spiro atoms. The SMILES string of the molecule is N#C[C@@H]1[C@@H]2C(=O)N(c3ccccc3)C(=O)[C@@H]2C2c3ccccc3C=CN21. The van der Waals surface area contributed by atoms with Crippen LogP contribution in [0.5, 0.6) is 0 Å². The van der Waals surface area contributed by atoms with Gasteiger partial charge in [0.15, 0.2) is 0 Å². The molecule has 4 atom stereocenters. The van der Waals surface area contributed by atoms with Gasteiger partial charge in [-0.05, 0) is 29.3 Å². The molecular formula is C21H15N3O2. The van der Waals surface area contributed by atoms with Crippen molar-refractivity contribution in [1.82, 2.24) is 4.90 Å². The van der Waals surface area contributed by atoms with Crippen molar-refractivity contribution in [3.05, 3.63) is 71.9 Å². The molecule has 1 unspecified atom stereocenters. The molecule has 26 heavy (non-hydrogen) atoms. The lowest BCUT2D eigenvalue weighted by atomic mass is 9.85. The van der Waals surface area contributed by atoms with E-state index in [2.05, 4.69) is 6.07 Å². The van der Waals surface area contributed by atoms with E-state index >= 15 is 0 Å². The number of benzene rings is 2. The Hall–Kier alpha value is -3.39. The van der Waals surface area contributed by atoms with Crippen LogP contribution >= 0.6 is 0 Å². The van der Waals surface area contributed by atoms with Crippen molar-refractivity contribution in [2.75, 3.05) is 4.90 Å². The zero-order chi connectivity index (χ0) is 17.8. The molecule has 126 valence electrons. The maximum absolute atomic E-state index is 13.3. The second kappa shape index (κ2) is 5.30. The number of amides is 2.